The van der Waals surface area contributed by atoms with E-state index < -0.39 is 0 Å². The van der Waals surface area contributed by atoms with Gasteiger partial charge in [0.05, 0.1) is 10.7 Å². The third kappa shape index (κ3) is 2.15. The molecule has 7 heteroatoms. The van der Waals surface area contributed by atoms with Crippen molar-refractivity contribution in [3.63, 3.8) is 0 Å². The third-order valence-electron chi connectivity index (χ3n) is 2.33. The molecule has 0 spiro atoms. The molecule has 92 valence electrons. The lowest BCUT2D eigenvalue weighted by atomic mass is 10.3. The molecule has 0 unspecified atom stereocenters. The molecular formula is C11H8Cl2N4S. The fraction of sp³-hybridized carbons (Fsp3) is 0.0909. The predicted molar refractivity (Wildman–Crippen MR) is 74.5 cm³/mol. The second kappa shape index (κ2) is 5.11. The molecule has 0 aliphatic carbocycles. The zero-order valence-electron chi connectivity index (χ0n) is 9.32. The molecule has 0 bridgehead atoms. The number of hydrogen-bond acceptors (Lipinski definition) is 4. The first-order valence-corrected chi connectivity index (χ1v) is 6.84. The summed E-state index contributed by atoms with van der Waals surface area (Å²) in [6, 6.07) is 7.04. The molecule has 0 atom stereocenters. The van der Waals surface area contributed by atoms with Crippen LogP contribution < -0.4 is 5.73 Å². The maximum Gasteiger partial charge on any atom is 0.146 e. The third-order valence-corrected chi connectivity index (χ3v) is 3.54. The van der Waals surface area contributed by atoms with E-state index in [0.717, 1.165) is 0 Å². The highest BCUT2D eigenvalue weighted by Crippen LogP contribution is 2.30. The Balaban J connectivity index is 2.65. The normalized spacial score (nSPS) is 10.3. The van der Waals surface area contributed by atoms with E-state index in [9.17, 15) is 0 Å². The van der Waals surface area contributed by atoms with E-state index in [-0.39, 0.29) is 5.82 Å². The Morgan fingerprint density at radius 1 is 1.44 bits per heavy atom. The molecule has 2 aromatic rings. The molecule has 0 radical (unpaired) electrons. The van der Waals surface area contributed by atoms with E-state index in [1.807, 2.05) is 12.3 Å². The highest BCUT2D eigenvalue weighted by atomic mass is 35.5. The van der Waals surface area contributed by atoms with Crippen LogP contribution in [0.5, 0.6) is 0 Å². The molecular weight excluding hydrogens is 291 g/mol. The molecule has 4 nitrogen and oxygen atoms in total. The van der Waals surface area contributed by atoms with E-state index in [4.69, 9.17) is 34.2 Å². The standard InChI is InChI=1S/C11H8Cl2N4S/c1-18-11-7(5-14)10(15)17(16-11)9-3-2-6(12)4-8(9)13/h2-4H,15H2,1H3. The number of nitrogens with zero attached hydrogens (tertiary/aromatic N) is 3. The van der Waals surface area contributed by atoms with Crippen LogP contribution in [-0.4, -0.2) is 16.0 Å². The largest absolute Gasteiger partial charge is 0.382 e. The minimum absolute atomic E-state index is 0.270. The molecule has 0 aliphatic rings. The van der Waals surface area contributed by atoms with Crippen LogP contribution in [0.1, 0.15) is 5.56 Å². The number of nitrogen functional groups attached to an aromatic ring is 1. The van der Waals surface area contributed by atoms with Crippen LogP contribution in [0.15, 0.2) is 23.2 Å². The van der Waals surface area contributed by atoms with E-state index in [1.54, 1.807) is 18.2 Å². The van der Waals surface area contributed by atoms with Gasteiger partial charge in [-0.2, -0.15) is 10.4 Å². The highest BCUT2D eigenvalue weighted by Gasteiger charge is 2.17. The topological polar surface area (TPSA) is 67.6 Å². The van der Waals surface area contributed by atoms with Crippen molar-refractivity contribution >= 4 is 40.8 Å². The monoisotopic (exact) mass is 298 g/mol. The van der Waals surface area contributed by atoms with Crippen molar-refractivity contribution in [3.8, 4) is 11.8 Å². The van der Waals surface area contributed by atoms with Gasteiger partial charge in [-0.1, -0.05) is 23.2 Å². The van der Waals surface area contributed by atoms with Crippen molar-refractivity contribution in [2.75, 3.05) is 12.0 Å². The van der Waals surface area contributed by atoms with Crippen LogP contribution in [-0.2, 0) is 0 Å². The van der Waals surface area contributed by atoms with Crippen molar-refractivity contribution in [2.24, 2.45) is 0 Å². The van der Waals surface area contributed by atoms with Crippen LogP contribution >= 0.6 is 35.0 Å². The fourth-order valence-electron chi connectivity index (χ4n) is 1.49. The zero-order valence-corrected chi connectivity index (χ0v) is 11.6. The minimum atomic E-state index is 0.270. The van der Waals surface area contributed by atoms with Crippen molar-refractivity contribution < 1.29 is 0 Å². The number of halogens is 2. The summed E-state index contributed by atoms with van der Waals surface area (Å²) in [7, 11) is 0. The van der Waals surface area contributed by atoms with Crippen molar-refractivity contribution in [1.82, 2.24) is 9.78 Å². The van der Waals surface area contributed by atoms with Gasteiger partial charge in [-0.3, -0.25) is 0 Å². The average Bonchev–Trinajstić information content (AvgIpc) is 2.66. The number of rotatable bonds is 2. The fourth-order valence-corrected chi connectivity index (χ4v) is 2.50. The van der Waals surface area contributed by atoms with E-state index in [2.05, 4.69) is 5.10 Å². The summed E-state index contributed by atoms with van der Waals surface area (Å²) in [4.78, 5) is 0. The van der Waals surface area contributed by atoms with Gasteiger partial charge in [0.2, 0.25) is 0 Å². The smallest absolute Gasteiger partial charge is 0.146 e. The summed E-state index contributed by atoms with van der Waals surface area (Å²) in [5.74, 6) is 0.270. The number of nitrogens with two attached hydrogens (primary N) is 1. The van der Waals surface area contributed by atoms with Crippen LogP contribution in [0.25, 0.3) is 5.69 Å². The lowest BCUT2D eigenvalue weighted by Crippen LogP contribution is -2.03. The Kier molecular flexibility index (Phi) is 3.71. The molecule has 1 aromatic heterocycles. The first-order valence-electron chi connectivity index (χ1n) is 4.86. The Bertz CT molecular complexity index is 645. The average molecular weight is 299 g/mol. The number of hydrogen-bond donors (Lipinski definition) is 1. The Hall–Kier alpha value is -1.35. The number of benzene rings is 1. The summed E-state index contributed by atoms with van der Waals surface area (Å²) < 4.78 is 1.45. The van der Waals surface area contributed by atoms with Gasteiger partial charge < -0.3 is 5.73 Å². The van der Waals surface area contributed by atoms with Gasteiger partial charge in [0, 0.05) is 5.02 Å². The molecule has 2 rings (SSSR count). The molecule has 0 aliphatic heterocycles. The number of nitriles is 1. The molecule has 0 fully saturated rings. The lowest BCUT2D eigenvalue weighted by Gasteiger charge is -2.06. The van der Waals surface area contributed by atoms with Crippen LogP contribution in [0.3, 0.4) is 0 Å². The van der Waals surface area contributed by atoms with Gasteiger partial charge in [-0.25, -0.2) is 4.68 Å². The number of aromatic nitrogens is 2. The predicted octanol–water partition coefficient (Wildman–Crippen LogP) is 3.35. The zero-order chi connectivity index (χ0) is 13.3. The van der Waals surface area contributed by atoms with Crippen molar-refractivity contribution in [1.29, 1.82) is 5.26 Å². The van der Waals surface area contributed by atoms with E-state index >= 15 is 0 Å². The molecule has 18 heavy (non-hydrogen) atoms. The minimum Gasteiger partial charge on any atom is -0.382 e. The van der Waals surface area contributed by atoms with Crippen LogP contribution in [0.4, 0.5) is 5.82 Å². The molecule has 0 amide bonds. The quantitative estimate of drug-likeness (QED) is 0.863. The molecule has 0 saturated heterocycles. The maximum absolute atomic E-state index is 9.05. The maximum atomic E-state index is 9.05. The first kappa shape index (κ1) is 13.1. The summed E-state index contributed by atoms with van der Waals surface area (Å²) in [6.45, 7) is 0. The van der Waals surface area contributed by atoms with Crippen LogP contribution in [0.2, 0.25) is 10.0 Å². The molecule has 2 N–H and O–H groups in total. The SMILES string of the molecule is CSc1nn(-c2ccc(Cl)cc2Cl)c(N)c1C#N. The number of anilines is 1. The van der Waals surface area contributed by atoms with Crippen LogP contribution in [0, 0.1) is 11.3 Å². The van der Waals surface area contributed by atoms with Crippen molar-refractivity contribution in [2.45, 2.75) is 5.03 Å². The highest BCUT2D eigenvalue weighted by molar-refractivity contribution is 7.98. The van der Waals surface area contributed by atoms with Gasteiger partial charge in [-0.05, 0) is 24.5 Å². The molecule has 1 heterocycles. The first-order chi connectivity index (χ1) is 8.58. The Morgan fingerprint density at radius 3 is 2.67 bits per heavy atom. The summed E-state index contributed by atoms with van der Waals surface area (Å²) in [5.41, 5.74) is 6.85. The summed E-state index contributed by atoms with van der Waals surface area (Å²) >= 11 is 13.3. The number of thioether (sulfide) groups is 1. The van der Waals surface area contributed by atoms with Crippen molar-refractivity contribution in [3.05, 3.63) is 33.8 Å². The van der Waals surface area contributed by atoms with Gasteiger partial charge in [0.15, 0.2) is 0 Å². The van der Waals surface area contributed by atoms with Gasteiger partial charge in [-0.15, -0.1) is 11.8 Å². The van der Waals surface area contributed by atoms with Gasteiger partial charge in [0.1, 0.15) is 22.5 Å². The lowest BCUT2D eigenvalue weighted by molar-refractivity contribution is 0.846. The second-order valence-electron chi connectivity index (χ2n) is 3.39. The summed E-state index contributed by atoms with van der Waals surface area (Å²) in [6.07, 6.45) is 1.83. The second-order valence-corrected chi connectivity index (χ2v) is 5.03. The van der Waals surface area contributed by atoms with E-state index in [1.165, 1.54) is 16.4 Å². The Labute approximate surface area is 118 Å². The molecule has 1 aromatic carbocycles. The molecule has 0 saturated carbocycles. The Morgan fingerprint density at radius 2 is 2.17 bits per heavy atom. The van der Waals surface area contributed by atoms with E-state index in [0.29, 0.717) is 26.3 Å². The van der Waals surface area contributed by atoms with Gasteiger partial charge >= 0.3 is 0 Å². The summed E-state index contributed by atoms with van der Waals surface area (Å²) in [5, 5.41) is 14.8. The van der Waals surface area contributed by atoms with Gasteiger partial charge in [0.25, 0.3) is 0 Å².